The van der Waals surface area contributed by atoms with Crippen molar-refractivity contribution in [2.24, 2.45) is 28.6 Å². The predicted molar refractivity (Wildman–Crippen MR) is 252 cm³/mol. The van der Waals surface area contributed by atoms with Crippen LogP contribution < -0.4 is 0 Å². The Bertz CT molecular complexity index is 1700. The van der Waals surface area contributed by atoms with Crippen LogP contribution in [0.1, 0.15) is 170 Å². The minimum absolute atomic E-state index is 0.0417. The molecule has 0 spiro atoms. The lowest BCUT2D eigenvalue weighted by Gasteiger charge is -2.62. The summed E-state index contributed by atoms with van der Waals surface area (Å²) < 4.78 is 38.2. The molecule has 3 N–H and O–H groups in total. The summed E-state index contributed by atoms with van der Waals surface area (Å²) in [4.78, 5) is 63.4. The van der Waals surface area contributed by atoms with Gasteiger partial charge in [0.15, 0.2) is 18.1 Å². The molecule has 0 aromatic carbocycles. The molecule has 4 rings (SSSR count). The van der Waals surface area contributed by atoms with Gasteiger partial charge in [0, 0.05) is 30.3 Å². The van der Waals surface area contributed by atoms with E-state index in [9.17, 15) is 34.2 Å². The van der Waals surface area contributed by atoms with E-state index < -0.39 is 76.4 Å². The maximum absolute atomic E-state index is 17.4. The average molecular weight is 931 g/mol. The summed E-state index contributed by atoms with van der Waals surface area (Å²) in [5.74, 6) is -4.53. The fourth-order valence-electron chi connectivity index (χ4n) is 10.9. The van der Waals surface area contributed by atoms with Gasteiger partial charge in [0.2, 0.25) is 5.78 Å². The van der Waals surface area contributed by atoms with E-state index in [4.69, 9.17) is 24.1 Å². The van der Waals surface area contributed by atoms with Crippen molar-refractivity contribution in [2.45, 2.75) is 200 Å². The summed E-state index contributed by atoms with van der Waals surface area (Å²) in [5, 5.41) is 32.1. The third-order valence-corrected chi connectivity index (χ3v) is 15.1. The summed E-state index contributed by atoms with van der Waals surface area (Å²) in [7, 11) is 1.60. The Kier molecular flexibility index (Phi) is 23.6. The van der Waals surface area contributed by atoms with Crippen molar-refractivity contribution < 1.29 is 62.6 Å². The van der Waals surface area contributed by atoms with Crippen molar-refractivity contribution in [3.05, 3.63) is 48.1 Å². The van der Waals surface area contributed by atoms with Crippen molar-refractivity contribution in [1.82, 2.24) is 0 Å². The smallest absolute Gasteiger partial charge is 0.306 e. The van der Waals surface area contributed by atoms with Gasteiger partial charge in [-0.2, -0.15) is 0 Å². The van der Waals surface area contributed by atoms with E-state index >= 15 is 4.39 Å². The number of carbonyl (C=O) groups excluding carboxylic acids is 5. The number of halogens is 1. The molecule has 0 bridgehead atoms. The number of ketones is 2. The first kappa shape index (κ1) is 56.8. The topological polar surface area (TPSA) is 183 Å². The molecule has 66 heavy (non-hydrogen) atoms. The number of rotatable bonds is 27. The highest BCUT2D eigenvalue weighted by molar-refractivity contribution is 6.01. The Morgan fingerprint density at radius 1 is 0.848 bits per heavy atom. The van der Waals surface area contributed by atoms with Crippen molar-refractivity contribution >= 4 is 29.5 Å². The molecule has 3 fully saturated rings. The SMILES string of the molecule is CCC(CO)OC.CCCCC/C=C\C/C=C\CCCCCCCC(=O)OC(CC)COC(=O)CCC(=O)OCC(=O)[C@@]1(O)[C@H](C)C[C@H]2[C@@H]3CCC4=CC(=O)C=C[C@]4(C)[C@@]3(F)[C@@H](O)C[C@@]21C. The number of ether oxygens (including phenoxy) is 4. The Labute approximate surface area is 394 Å². The molecule has 0 amide bonds. The highest BCUT2D eigenvalue weighted by Crippen LogP contribution is 2.70. The van der Waals surface area contributed by atoms with Crippen molar-refractivity contribution in [3.63, 3.8) is 0 Å². The van der Waals surface area contributed by atoms with E-state index in [0.29, 0.717) is 37.7 Å². The first-order chi connectivity index (χ1) is 31.4. The van der Waals surface area contributed by atoms with Crippen LogP contribution in [0.15, 0.2) is 48.1 Å². The van der Waals surface area contributed by atoms with Crippen LogP contribution in [0.4, 0.5) is 4.39 Å². The number of methoxy groups -OCH3 is 1. The largest absolute Gasteiger partial charge is 0.462 e. The molecular weight excluding hydrogens is 848 g/mol. The minimum Gasteiger partial charge on any atom is -0.462 e. The number of aliphatic hydroxyl groups is 3. The van der Waals surface area contributed by atoms with E-state index in [-0.39, 0.29) is 50.3 Å². The van der Waals surface area contributed by atoms with Crippen LogP contribution in [0, 0.1) is 28.6 Å². The number of hydrogen-bond donors (Lipinski definition) is 3. The highest BCUT2D eigenvalue weighted by atomic mass is 19.1. The molecule has 10 atom stereocenters. The van der Waals surface area contributed by atoms with Crippen LogP contribution in [0.5, 0.6) is 0 Å². The number of fused-ring (bicyclic) bond motifs is 5. The Hall–Kier alpha value is -3.52. The zero-order valence-electron chi connectivity index (χ0n) is 41.2. The molecule has 12 nitrogen and oxygen atoms in total. The lowest BCUT2D eigenvalue weighted by atomic mass is 9.44. The third-order valence-electron chi connectivity index (χ3n) is 15.1. The third kappa shape index (κ3) is 14.3. The number of Topliss-reactive ketones (excluding diaryl/α,β-unsaturated/α-hetero) is 1. The second-order valence-corrected chi connectivity index (χ2v) is 19.4. The van der Waals surface area contributed by atoms with Gasteiger partial charge in [-0.3, -0.25) is 24.0 Å². The van der Waals surface area contributed by atoms with E-state index in [2.05, 4.69) is 31.2 Å². The fraction of sp³-hybridized carbons (Fsp3) is 0.755. The maximum Gasteiger partial charge on any atom is 0.306 e. The Morgan fingerprint density at radius 2 is 1.47 bits per heavy atom. The molecule has 0 aromatic rings. The van der Waals surface area contributed by atoms with Gasteiger partial charge in [0.05, 0.1) is 31.7 Å². The second kappa shape index (κ2) is 27.5. The molecule has 374 valence electrons. The molecule has 4 aliphatic carbocycles. The standard InChI is InChI=1S/C48H71FO10.C5H12O2/c1-6-8-9-10-11-12-13-14-15-16-17-18-19-20-21-22-44(55)59-37(7-2)32-57-42(53)25-26-43(54)58-33-41(52)48(56)34(3)29-39-38-24-23-35-30-36(50)27-28-45(35,4)47(38,49)40(51)31-46(39,48)5;1-3-5(4-6)7-2/h11-12,14-15,27-28,30,34,37-40,51,56H,6-10,13,16-26,29,31-33H2,1-5H3;5-6H,3-4H2,1-2H3/b12-11-,15-14-;/t34-,37?,38+,39+,40+,45+,46+,47+,48+;/m1./s1. The molecule has 2 unspecified atom stereocenters. The molecule has 0 heterocycles. The number of alkyl halides is 1. The van der Waals surface area contributed by atoms with E-state index in [1.54, 1.807) is 34.0 Å². The number of unbranched alkanes of at least 4 members (excludes halogenated alkanes) is 8. The number of carbonyl (C=O) groups is 5. The summed E-state index contributed by atoms with van der Waals surface area (Å²) in [5.41, 5.74) is -5.85. The minimum atomic E-state index is -2.10. The number of allylic oxidation sites excluding steroid dienone is 8. The van der Waals surface area contributed by atoms with Crippen molar-refractivity contribution in [2.75, 3.05) is 26.9 Å². The summed E-state index contributed by atoms with van der Waals surface area (Å²) in [6.45, 7) is 10.4. The van der Waals surface area contributed by atoms with E-state index in [1.165, 1.54) is 31.4 Å². The van der Waals surface area contributed by atoms with E-state index in [0.717, 1.165) is 57.8 Å². The Morgan fingerprint density at radius 3 is 2.08 bits per heavy atom. The molecule has 0 saturated heterocycles. The molecule has 13 heteroatoms. The quantitative estimate of drug-likeness (QED) is 0.0308. The van der Waals surface area contributed by atoms with Crippen LogP contribution in [0.25, 0.3) is 0 Å². The van der Waals surface area contributed by atoms with E-state index in [1.807, 2.05) is 13.8 Å². The first-order valence-corrected chi connectivity index (χ1v) is 24.9. The van der Waals surface area contributed by atoms with Gasteiger partial charge in [-0.15, -0.1) is 0 Å². The first-order valence-electron chi connectivity index (χ1n) is 24.9. The number of hydrogen-bond acceptors (Lipinski definition) is 12. The summed E-state index contributed by atoms with van der Waals surface area (Å²) >= 11 is 0. The van der Waals surface area contributed by atoms with Crippen molar-refractivity contribution in [1.29, 1.82) is 0 Å². The van der Waals surface area contributed by atoms with Crippen LogP contribution in [-0.2, 0) is 42.9 Å². The molecule has 3 saturated carbocycles. The maximum atomic E-state index is 17.4. The Balaban J connectivity index is 0.00000152. The summed E-state index contributed by atoms with van der Waals surface area (Å²) in [6, 6.07) is 0. The summed E-state index contributed by atoms with van der Waals surface area (Å²) in [6.07, 6.45) is 25.2. The number of esters is 3. The lowest BCUT2D eigenvalue weighted by Crippen LogP contribution is -2.69. The van der Waals surface area contributed by atoms with Crippen LogP contribution in [-0.4, -0.2) is 101 Å². The molecule has 0 aromatic heterocycles. The monoisotopic (exact) mass is 931 g/mol. The highest BCUT2D eigenvalue weighted by Gasteiger charge is 2.75. The normalized spacial score (nSPS) is 29.8. The number of aliphatic hydroxyl groups excluding tert-OH is 2. The van der Waals surface area contributed by atoms with Gasteiger partial charge < -0.3 is 34.3 Å². The molecule has 4 aliphatic rings. The predicted octanol–water partition coefficient (Wildman–Crippen LogP) is 9.31. The van der Waals surface area contributed by atoms with Gasteiger partial charge in [0.25, 0.3) is 0 Å². The average Bonchev–Trinajstić information content (AvgIpc) is 3.50. The van der Waals surface area contributed by atoms with Crippen LogP contribution >= 0.6 is 0 Å². The molecular formula is C53H83FO12. The second-order valence-electron chi connectivity index (χ2n) is 19.4. The van der Waals surface area contributed by atoms with Gasteiger partial charge in [-0.25, -0.2) is 4.39 Å². The lowest BCUT2D eigenvalue weighted by molar-refractivity contribution is -0.220. The van der Waals surface area contributed by atoms with Gasteiger partial charge in [-0.05, 0) is 108 Å². The van der Waals surface area contributed by atoms with Crippen LogP contribution in [0.3, 0.4) is 0 Å². The molecule has 0 aliphatic heterocycles. The van der Waals surface area contributed by atoms with Crippen molar-refractivity contribution in [3.8, 4) is 0 Å². The van der Waals surface area contributed by atoms with Gasteiger partial charge in [-0.1, -0.05) is 103 Å². The zero-order chi connectivity index (χ0) is 49.0. The fourth-order valence-corrected chi connectivity index (χ4v) is 10.9. The van der Waals surface area contributed by atoms with Crippen LogP contribution in [0.2, 0.25) is 0 Å². The van der Waals surface area contributed by atoms with Gasteiger partial charge >= 0.3 is 17.9 Å². The zero-order valence-corrected chi connectivity index (χ0v) is 41.2. The van der Waals surface area contributed by atoms with Gasteiger partial charge in [0.1, 0.15) is 18.3 Å². The molecule has 0 radical (unpaired) electrons.